The summed E-state index contributed by atoms with van der Waals surface area (Å²) < 4.78 is 1.36. The molecule has 1 fully saturated rings. The Labute approximate surface area is 159 Å². The summed E-state index contributed by atoms with van der Waals surface area (Å²) in [5, 5.41) is 14.6. The molecule has 7 nitrogen and oxygen atoms in total. The van der Waals surface area contributed by atoms with Crippen LogP contribution in [0, 0.1) is 12.8 Å². The van der Waals surface area contributed by atoms with Gasteiger partial charge in [-0.2, -0.15) is 9.61 Å². The summed E-state index contributed by atoms with van der Waals surface area (Å²) >= 11 is 1.43. The Kier molecular flexibility index (Phi) is 4.75. The van der Waals surface area contributed by atoms with E-state index in [1.165, 1.54) is 21.9 Å². The van der Waals surface area contributed by atoms with E-state index < -0.39 is 0 Å². The van der Waals surface area contributed by atoms with Gasteiger partial charge in [0.1, 0.15) is 10.8 Å². The van der Waals surface area contributed by atoms with Crippen molar-refractivity contribution >= 4 is 22.1 Å². The lowest BCUT2D eigenvalue weighted by atomic mass is 9.89. The molecule has 0 spiro atoms. The first-order chi connectivity index (χ1) is 13.0. The Bertz CT molecular complexity index is 1030. The molecule has 27 heavy (non-hydrogen) atoms. The van der Waals surface area contributed by atoms with E-state index in [1.807, 2.05) is 0 Å². The van der Waals surface area contributed by atoms with Crippen molar-refractivity contribution in [3.05, 3.63) is 57.0 Å². The van der Waals surface area contributed by atoms with Gasteiger partial charge in [0.25, 0.3) is 5.56 Å². The predicted molar refractivity (Wildman–Crippen MR) is 102 cm³/mol. The minimum Gasteiger partial charge on any atom is -0.508 e. The van der Waals surface area contributed by atoms with Gasteiger partial charge in [-0.3, -0.25) is 14.5 Å². The normalized spacial score (nSPS) is 16.0. The number of nitrogens with zero attached hydrogens (tertiary/aromatic N) is 4. The third kappa shape index (κ3) is 3.77. The average Bonchev–Trinajstić information content (AvgIpc) is 3.05. The molecule has 4 rings (SSSR count). The molecule has 2 aromatic heterocycles. The van der Waals surface area contributed by atoms with Gasteiger partial charge in [-0.25, -0.2) is 4.98 Å². The number of phenols is 1. The van der Waals surface area contributed by atoms with Gasteiger partial charge in [0, 0.05) is 23.2 Å². The van der Waals surface area contributed by atoms with Crippen LogP contribution < -0.4 is 5.56 Å². The number of piperidine rings is 1. The number of aromatic hydroxyl groups is 1. The first-order valence-corrected chi connectivity index (χ1v) is 9.73. The lowest BCUT2D eigenvalue weighted by Crippen LogP contribution is -2.36. The van der Waals surface area contributed by atoms with Gasteiger partial charge < -0.3 is 5.11 Å². The molecule has 0 bridgehead atoms. The van der Waals surface area contributed by atoms with Gasteiger partial charge in [0.15, 0.2) is 5.78 Å². The van der Waals surface area contributed by atoms with Crippen molar-refractivity contribution in [2.45, 2.75) is 26.3 Å². The molecule has 0 unspecified atom stereocenters. The monoisotopic (exact) mass is 384 g/mol. The molecule has 0 saturated carbocycles. The maximum absolute atomic E-state index is 12.6. The number of rotatable bonds is 4. The zero-order chi connectivity index (χ0) is 19.0. The molecular formula is C19H20N4O3S. The van der Waals surface area contributed by atoms with E-state index >= 15 is 0 Å². The van der Waals surface area contributed by atoms with Crippen LogP contribution in [-0.2, 0) is 6.54 Å². The second-order valence-corrected chi connectivity index (χ2v) is 7.93. The molecule has 0 aliphatic carbocycles. The molecule has 3 heterocycles. The van der Waals surface area contributed by atoms with Gasteiger partial charge in [-0.15, -0.1) is 0 Å². The molecule has 0 amide bonds. The predicted octanol–water partition coefficient (Wildman–Crippen LogP) is 2.26. The number of ketones is 1. The van der Waals surface area contributed by atoms with E-state index in [4.69, 9.17) is 0 Å². The summed E-state index contributed by atoms with van der Waals surface area (Å²) in [6, 6.07) is 7.94. The number of fused-ring (bicyclic) bond motifs is 1. The van der Waals surface area contributed by atoms with Crippen molar-refractivity contribution < 1.29 is 9.90 Å². The van der Waals surface area contributed by atoms with E-state index in [2.05, 4.69) is 15.0 Å². The molecule has 0 radical (unpaired) electrons. The molecule has 1 N–H and O–H groups in total. The van der Waals surface area contributed by atoms with Crippen LogP contribution in [0.5, 0.6) is 5.75 Å². The first-order valence-electron chi connectivity index (χ1n) is 8.91. The number of Topliss-reactive ketones (excluding diaryl/α,β-unsaturated/α-hetero) is 1. The molecule has 8 heteroatoms. The van der Waals surface area contributed by atoms with Crippen molar-refractivity contribution in [2.24, 2.45) is 5.92 Å². The van der Waals surface area contributed by atoms with Crippen molar-refractivity contribution in [1.29, 1.82) is 0 Å². The van der Waals surface area contributed by atoms with E-state index in [-0.39, 0.29) is 23.0 Å². The number of carbonyl (C=O) groups is 1. The van der Waals surface area contributed by atoms with Crippen molar-refractivity contribution in [3.63, 3.8) is 0 Å². The third-order valence-corrected chi connectivity index (χ3v) is 5.78. The van der Waals surface area contributed by atoms with Crippen LogP contribution in [0.1, 0.15) is 33.9 Å². The minimum absolute atomic E-state index is 0.00750. The Balaban J connectivity index is 1.39. The number of carbonyl (C=O) groups excluding carboxylic acids is 1. The van der Waals surface area contributed by atoms with Crippen LogP contribution >= 0.6 is 11.3 Å². The minimum atomic E-state index is -0.154. The molecule has 140 valence electrons. The van der Waals surface area contributed by atoms with Crippen LogP contribution in [-0.4, -0.2) is 43.5 Å². The molecule has 3 aromatic rings. The fourth-order valence-corrected chi connectivity index (χ4v) is 4.42. The number of phenolic OH excluding ortho intramolecular Hbond substituents is 1. The zero-order valence-electron chi connectivity index (χ0n) is 15.0. The largest absolute Gasteiger partial charge is 0.508 e. The number of aryl methyl sites for hydroxylation is 1. The Morgan fingerprint density at radius 1 is 1.26 bits per heavy atom. The molecule has 0 atom stereocenters. The maximum atomic E-state index is 12.6. The quantitative estimate of drug-likeness (QED) is 0.694. The van der Waals surface area contributed by atoms with Crippen molar-refractivity contribution in [2.75, 3.05) is 13.1 Å². The number of hydrogen-bond donors (Lipinski definition) is 1. The summed E-state index contributed by atoms with van der Waals surface area (Å²) in [6.45, 7) is 4.08. The van der Waals surface area contributed by atoms with Crippen LogP contribution in [0.15, 0.2) is 35.1 Å². The van der Waals surface area contributed by atoms with Crippen molar-refractivity contribution in [3.8, 4) is 5.75 Å². The highest BCUT2D eigenvalue weighted by atomic mass is 32.1. The fourth-order valence-electron chi connectivity index (χ4n) is 3.43. The standard InChI is InChI=1S/C19H20N4O3S/c1-12-10-17(25)23-19(20-12)27-16(21-23)11-22-8-6-14(7-9-22)18(26)13-2-4-15(24)5-3-13/h2-5,10,14,24H,6-9,11H2,1H3. The fraction of sp³-hybridized carbons (Fsp3) is 0.368. The van der Waals surface area contributed by atoms with Gasteiger partial charge in [-0.05, 0) is 57.1 Å². The van der Waals surface area contributed by atoms with E-state index in [0.717, 1.165) is 30.9 Å². The molecule has 1 saturated heterocycles. The summed E-state index contributed by atoms with van der Waals surface area (Å²) in [6.07, 6.45) is 1.59. The average molecular weight is 384 g/mol. The topological polar surface area (TPSA) is 87.8 Å². The first kappa shape index (κ1) is 17.8. The van der Waals surface area contributed by atoms with E-state index in [9.17, 15) is 14.7 Å². The Morgan fingerprint density at radius 3 is 2.67 bits per heavy atom. The number of hydrogen-bond acceptors (Lipinski definition) is 7. The van der Waals surface area contributed by atoms with Gasteiger partial charge >= 0.3 is 0 Å². The molecule has 1 aliphatic rings. The summed E-state index contributed by atoms with van der Waals surface area (Å²) in [5.74, 6) is 0.315. The van der Waals surface area contributed by atoms with E-state index in [0.29, 0.717) is 22.8 Å². The molecular weight excluding hydrogens is 364 g/mol. The third-order valence-electron chi connectivity index (χ3n) is 4.88. The van der Waals surface area contributed by atoms with Crippen LogP contribution in [0.2, 0.25) is 0 Å². The van der Waals surface area contributed by atoms with Crippen LogP contribution in [0.4, 0.5) is 0 Å². The molecule has 1 aromatic carbocycles. The van der Waals surface area contributed by atoms with Gasteiger partial charge in [-0.1, -0.05) is 11.3 Å². The number of benzene rings is 1. The smallest absolute Gasteiger partial charge is 0.275 e. The Hall–Kier alpha value is -2.58. The Morgan fingerprint density at radius 2 is 1.96 bits per heavy atom. The van der Waals surface area contributed by atoms with Crippen LogP contribution in [0.25, 0.3) is 4.96 Å². The summed E-state index contributed by atoms with van der Waals surface area (Å²) in [4.78, 5) is 31.8. The summed E-state index contributed by atoms with van der Waals surface area (Å²) in [5.41, 5.74) is 1.19. The van der Waals surface area contributed by atoms with Gasteiger partial charge in [0.05, 0.1) is 6.54 Å². The van der Waals surface area contributed by atoms with Crippen LogP contribution in [0.3, 0.4) is 0 Å². The molecule has 1 aliphatic heterocycles. The summed E-state index contributed by atoms with van der Waals surface area (Å²) in [7, 11) is 0. The zero-order valence-corrected chi connectivity index (χ0v) is 15.8. The highest BCUT2D eigenvalue weighted by Crippen LogP contribution is 2.24. The second kappa shape index (κ2) is 7.21. The lowest BCUT2D eigenvalue weighted by molar-refractivity contribution is 0.0834. The highest BCUT2D eigenvalue weighted by molar-refractivity contribution is 7.16. The second-order valence-electron chi connectivity index (χ2n) is 6.89. The van der Waals surface area contributed by atoms with Gasteiger partial charge in [0.2, 0.25) is 4.96 Å². The number of aromatic nitrogens is 3. The maximum Gasteiger partial charge on any atom is 0.275 e. The van der Waals surface area contributed by atoms with Crippen molar-refractivity contribution in [1.82, 2.24) is 19.5 Å². The van der Waals surface area contributed by atoms with E-state index in [1.54, 1.807) is 31.2 Å². The highest BCUT2D eigenvalue weighted by Gasteiger charge is 2.26. The number of likely N-dealkylation sites (tertiary alicyclic amines) is 1. The lowest BCUT2D eigenvalue weighted by Gasteiger charge is -2.30. The SMILES string of the molecule is Cc1cc(=O)n2nc(CN3CCC(C(=O)c4ccc(O)cc4)CC3)sc2n1.